The number of amides is 1. The minimum Gasteiger partial charge on any atom is -0.490 e. The molecule has 2 rings (SSSR count). The second-order valence-electron chi connectivity index (χ2n) is 5.59. The Morgan fingerprint density at radius 3 is 2.38 bits per heavy atom. The standard InChI is InChI=1S/C20H23NO3/c1-5-13-23-18-11-9-17(10-12-18)21-20(22)16(4)24-19-14(2)7-6-8-15(19)3/h5-12,16H,1,13H2,2-4H3,(H,21,22). The summed E-state index contributed by atoms with van der Waals surface area (Å²) in [6.45, 7) is 9.73. The van der Waals surface area contributed by atoms with Crippen LogP contribution in [-0.2, 0) is 4.79 Å². The van der Waals surface area contributed by atoms with Crippen molar-refractivity contribution in [2.24, 2.45) is 0 Å². The molecule has 1 unspecified atom stereocenters. The van der Waals surface area contributed by atoms with Crippen molar-refractivity contribution in [3.63, 3.8) is 0 Å². The Kier molecular flexibility index (Phi) is 6.01. The Hall–Kier alpha value is -2.75. The number of carbonyl (C=O) groups is 1. The van der Waals surface area contributed by atoms with E-state index in [-0.39, 0.29) is 5.91 Å². The quantitative estimate of drug-likeness (QED) is 0.773. The predicted molar refractivity (Wildman–Crippen MR) is 96.8 cm³/mol. The first-order chi connectivity index (χ1) is 11.5. The van der Waals surface area contributed by atoms with Crippen molar-refractivity contribution in [2.45, 2.75) is 26.9 Å². The Labute approximate surface area is 143 Å². The maximum Gasteiger partial charge on any atom is 0.265 e. The van der Waals surface area contributed by atoms with Crippen LogP contribution in [0.3, 0.4) is 0 Å². The monoisotopic (exact) mass is 325 g/mol. The topological polar surface area (TPSA) is 47.6 Å². The Bertz CT molecular complexity index is 687. The molecule has 0 fully saturated rings. The van der Waals surface area contributed by atoms with Crippen LogP contribution < -0.4 is 14.8 Å². The van der Waals surface area contributed by atoms with E-state index in [4.69, 9.17) is 9.47 Å². The molecule has 1 N–H and O–H groups in total. The van der Waals surface area contributed by atoms with E-state index >= 15 is 0 Å². The highest BCUT2D eigenvalue weighted by Crippen LogP contribution is 2.24. The van der Waals surface area contributed by atoms with Gasteiger partial charge in [-0.1, -0.05) is 30.9 Å². The van der Waals surface area contributed by atoms with Gasteiger partial charge in [-0.15, -0.1) is 0 Å². The molecule has 4 heteroatoms. The van der Waals surface area contributed by atoms with Crippen LogP contribution in [0.25, 0.3) is 0 Å². The fraction of sp³-hybridized carbons (Fsp3) is 0.250. The SMILES string of the molecule is C=CCOc1ccc(NC(=O)C(C)Oc2c(C)cccc2C)cc1. The lowest BCUT2D eigenvalue weighted by atomic mass is 10.1. The van der Waals surface area contributed by atoms with Gasteiger partial charge in [-0.2, -0.15) is 0 Å². The van der Waals surface area contributed by atoms with Gasteiger partial charge >= 0.3 is 0 Å². The first-order valence-corrected chi connectivity index (χ1v) is 7.88. The molecule has 0 bridgehead atoms. The van der Waals surface area contributed by atoms with Crippen molar-refractivity contribution in [1.82, 2.24) is 0 Å². The van der Waals surface area contributed by atoms with E-state index < -0.39 is 6.10 Å². The number of nitrogens with one attached hydrogen (secondary N) is 1. The molecule has 1 atom stereocenters. The number of carbonyl (C=O) groups excluding carboxylic acids is 1. The van der Waals surface area contributed by atoms with Gasteiger partial charge < -0.3 is 14.8 Å². The van der Waals surface area contributed by atoms with E-state index in [2.05, 4.69) is 11.9 Å². The fourth-order valence-corrected chi connectivity index (χ4v) is 2.25. The number of ether oxygens (including phenoxy) is 2. The molecule has 0 aromatic heterocycles. The second-order valence-corrected chi connectivity index (χ2v) is 5.59. The molecule has 1 amide bonds. The molecule has 24 heavy (non-hydrogen) atoms. The third kappa shape index (κ3) is 4.62. The molecule has 0 heterocycles. The van der Waals surface area contributed by atoms with Crippen LogP contribution in [-0.4, -0.2) is 18.6 Å². The molecule has 0 aliphatic carbocycles. The maximum absolute atomic E-state index is 12.3. The maximum atomic E-state index is 12.3. The van der Waals surface area contributed by atoms with Gasteiger partial charge in [-0.25, -0.2) is 0 Å². The van der Waals surface area contributed by atoms with Crippen LogP contribution >= 0.6 is 0 Å². The van der Waals surface area contributed by atoms with Gasteiger partial charge in [-0.3, -0.25) is 4.79 Å². The number of hydrogen-bond acceptors (Lipinski definition) is 3. The highest BCUT2D eigenvalue weighted by molar-refractivity contribution is 5.94. The molecule has 0 radical (unpaired) electrons. The minimum absolute atomic E-state index is 0.197. The average Bonchev–Trinajstić information content (AvgIpc) is 2.57. The molecule has 0 aliphatic rings. The van der Waals surface area contributed by atoms with Crippen LogP contribution in [0, 0.1) is 13.8 Å². The van der Waals surface area contributed by atoms with Crippen LogP contribution in [0.15, 0.2) is 55.1 Å². The van der Waals surface area contributed by atoms with Crippen molar-refractivity contribution in [2.75, 3.05) is 11.9 Å². The van der Waals surface area contributed by atoms with Gasteiger partial charge in [-0.05, 0) is 56.2 Å². The molecular weight excluding hydrogens is 302 g/mol. The molecule has 126 valence electrons. The fourth-order valence-electron chi connectivity index (χ4n) is 2.25. The summed E-state index contributed by atoms with van der Waals surface area (Å²) < 4.78 is 11.3. The van der Waals surface area contributed by atoms with E-state index in [1.165, 1.54) is 0 Å². The van der Waals surface area contributed by atoms with Crippen LogP contribution in [0.2, 0.25) is 0 Å². The van der Waals surface area contributed by atoms with Crippen LogP contribution in [0.5, 0.6) is 11.5 Å². The lowest BCUT2D eigenvalue weighted by molar-refractivity contribution is -0.122. The highest BCUT2D eigenvalue weighted by Gasteiger charge is 2.17. The number of aryl methyl sites for hydroxylation is 2. The lowest BCUT2D eigenvalue weighted by Crippen LogP contribution is -2.30. The molecule has 2 aromatic rings. The number of anilines is 1. The van der Waals surface area contributed by atoms with Gasteiger partial charge in [0.2, 0.25) is 0 Å². The first kappa shape index (κ1) is 17.6. The molecule has 0 saturated carbocycles. The van der Waals surface area contributed by atoms with E-state index in [9.17, 15) is 4.79 Å². The largest absolute Gasteiger partial charge is 0.490 e. The van der Waals surface area contributed by atoms with Gasteiger partial charge in [0, 0.05) is 5.69 Å². The summed E-state index contributed by atoms with van der Waals surface area (Å²) in [6, 6.07) is 13.1. The summed E-state index contributed by atoms with van der Waals surface area (Å²) in [4.78, 5) is 12.3. The number of rotatable bonds is 7. The van der Waals surface area contributed by atoms with Crippen molar-refractivity contribution in [1.29, 1.82) is 0 Å². The van der Waals surface area contributed by atoms with Crippen LogP contribution in [0.1, 0.15) is 18.1 Å². The first-order valence-electron chi connectivity index (χ1n) is 7.88. The predicted octanol–water partition coefficient (Wildman–Crippen LogP) is 4.27. The number of benzene rings is 2. The van der Waals surface area contributed by atoms with Gasteiger partial charge in [0.25, 0.3) is 5.91 Å². The second kappa shape index (κ2) is 8.20. The summed E-state index contributed by atoms with van der Waals surface area (Å²) >= 11 is 0. The van der Waals surface area contributed by atoms with E-state index in [1.54, 1.807) is 37.3 Å². The summed E-state index contributed by atoms with van der Waals surface area (Å²) in [6.07, 6.45) is 1.09. The third-order valence-corrected chi connectivity index (χ3v) is 3.56. The Morgan fingerprint density at radius 2 is 1.79 bits per heavy atom. The molecule has 0 aliphatic heterocycles. The number of hydrogen-bond donors (Lipinski definition) is 1. The lowest BCUT2D eigenvalue weighted by Gasteiger charge is -2.18. The molecule has 4 nitrogen and oxygen atoms in total. The van der Waals surface area contributed by atoms with Crippen molar-refractivity contribution >= 4 is 11.6 Å². The molecule has 2 aromatic carbocycles. The zero-order valence-electron chi connectivity index (χ0n) is 14.3. The van der Waals surface area contributed by atoms with E-state index in [0.29, 0.717) is 12.3 Å². The van der Waals surface area contributed by atoms with Gasteiger partial charge in [0.15, 0.2) is 6.10 Å². The summed E-state index contributed by atoms with van der Waals surface area (Å²) in [7, 11) is 0. The van der Waals surface area contributed by atoms with Crippen molar-refractivity contribution in [3.05, 3.63) is 66.2 Å². The normalized spacial score (nSPS) is 11.5. The zero-order valence-corrected chi connectivity index (χ0v) is 14.3. The van der Waals surface area contributed by atoms with E-state index in [0.717, 1.165) is 22.6 Å². The Morgan fingerprint density at radius 1 is 1.17 bits per heavy atom. The van der Waals surface area contributed by atoms with Crippen molar-refractivity contribution in [3.8, 4) is 11.5 Å². The summed E-state index contributed by atoms with van der Waals surface area (Å²) in [5, 5.41) is 2.84. The van der Waals surface area contributed by atoms with Gasteiger partial charge in [0.1, 0.15) is 18.1 Å². The zero-order chi connectivity index (χ0) is 17.5. The summed E-state index contributed by atoms with van der Waals surface area (Å²) in [5.41, 5.74) is 2.72. The van der Waals surface area contributed by atoms with Crippen LogP contribution in [0.4, 0.5) is 5.69 Å². The van der Waals surface area contributed by atoms with Crippen molar-refractivity contribution < 1.29 is 14.3 Å². The molecule has 0 saturated heterocycles. The van der Waals surface area contributed by atoms with E-state index in [1.807, 2.05) is 32.0 Å². The molecule has 0 spiro atoms. The highest BCUT2D eigenvalue weighted by atomic mass is 16.5. The smallest absolute Gasteiger partial charge is 0.265 e. The average molecular weight is 325 g/mol. The Balaban J connectivity index is 1.97. The van der Waals surface area contributed by atoms with Gasteiger partial charge in [0.05, 0.1) is 0 Å². The minimum atomic E-state index is -0.596. The number of para-hydroxylation sites is 1. The molecular formula is C20H23NO3. The summed E-state index contributed by atoms with van der Waals surface area (Å²) in [5.74, 6) is 1.29. The third-order valence-electron chi connectivity index (χ3n) is 3.56.